The molecule has 4 aromatic rings. The molecule has 0 fully saturated rings. The highest BCUT2D eigenvalue weighted by Gasteiger charge is 2.22. The highest BCUT2D eigenvalue weighted by atomic mass is 32.2. The zero-order valence-corrected chi connectivity index (χ0v) is 16.8. The molecular weight excluding hydrogens is 382 g/mol. The Labute approximate surface area is 173 Å². The Balaban J connectivity index is 1.57. The van der Waals surface area contributed by atoms with Crippen LogP contribution in [0.15, 0.2) is 95.3 Å². The average molecular weight is 402 g/mol. The summed E-state index contributed by atoms with van der Waals surface area (Å²) in [6.07, 6.45) is 4.81. The summed E-state index contributed by atoms with van der Waals surface area (Å²) < 4.78 is 2.08. The maximum absolute atomic E-state index is 13.1. The van der Waals surface area contributed by atoms with Crippen molar-refractivity contribution in [2.45, 2.75) is 16.0 Å². The number of thioether (sulfide) groups is 1. The molecule has 3 aromatic carbocycles. The van der Waals surface area contributed by atoms with Crippen LogP contribution in [0.5, 0.6) is 0 Å². The van der Waals surface area contributed by atoms with Crippen molar-refractivity contribution in [1.29, 1.82) is 0 Å². The van der Waals surface area contributed by atoms with E-state index >= 15 is 0 Å². The van der Waals surface area contributed by atoms with Crippen molar-refractivity contribution in [2.75, 3.05) is 0 Å². The molecule has 1 aromatic heterocycles. The predicted octanol–water partition coefficient (Wildman–Crippen LogP) is 6.74. The summed E-state index contributed by atoms with van der Waals surface area (Å²) in [6, 6.07) is 27.8. The Kier molecular flexibility index (Phi) is 6.00. The van der Waals surface area contributed by atoms with Crippen LogP contribution in [0.25, 0.3) is 16.3 Å². The Bertz CT molecular complexity index is 1050. The summed E-state index contributed by atoms with van der Waals surface area (Å²) in [4.78, 5) is 17.8. The van der Waals surface area contributed by atoms with Crippen molar-refractivity contribution in [3.63, 3.8) is 0 Å². The van der Waals surface area contributed by atoms with Crippen LogP contribution in [0.1, 0.15) is 22.3 Å². The van der Waals surface area contributed by atoms with Crippen LogP contribution in [0.2, 0.25) is 0 Å². The number of carbonyl (C=O) groups is 1. The van der Waals surface area contributed by atoms with Crippen molar-refractivity contribution in [1.82, 2.24) is 4.98 Å². The summed E-state index contributed by atoms with van der Waals surface area (Å²) in [7, 11) is 0. The molecule has 2 nitrogen and oxygen atoms in total. The molecule has 1 atom stereocenters. The van der Waals surface area contributed by atoms with Gasteiger partial charge in [-0.1, -0.05) is 96.7 Å². The van der Waals surface area contributed by atoms with Gasteiger partial charge in [0.1, 0.15) is 0 Å². The van der Waals surface area contributed by atoms with E-state index in [-0.39, 0.29) is 11.0 Å². The monoisotopic (exact) mass is 401 g/mol. The van der Waals surface area contributed by atoms with E-state index in [1.54, 1.807) is 23.1 Å². The summed E-state index contributed by atoms with van der Waals surface area (Å²) >= 11 is 3.20. The zero-order chi connectivity index (χ0) is 19.2. The van der Waals surface area contributed by atoms with Gasteiger partial charge in [-0.2, -0.15) is 0 Å². The van der Waals surface area contributed by atoms with Crippen LogP contribution in [0.4, 0.5) is 0 Å². The molecule has 4 heteroatoms. The molecular formula is C24H19NOS2. The number of benzene rings is 3. The van der Waals surface area contributed by atoms with Gasteiger partial charge in [0.15, 0.2) is 10.1 Å². The number of ketones is 1. The number of aromatic nitrogens is 1. The molecule has 0 aliphatic heterocycles. The smallest absolute Gasteiger partial charge is 0.176 e. The van der Waals surface area contributed by atoms with Gasteiger partial charge in [-0.05, 0) is 24.1 Å². The summed E-state index contributed by atoms with van der Waals surface area (Å²) in [6.45, 7) is 0. The fraction of sp³-hybridized carbons (Fsp3) is 0.0833. The lowest BCUT2D eigenvalue weighted by atomic mass is 10.1. The van der Waals surface area contributed by atoms with Crippen LogP contribution in [0, 0.1) is 0 Å². The van der Waals surface area contributed by atoms with Gasteiger partial charge in [0, 0.05) is 5.56 Å². The molecule has 0 aliphatic rings. The van der Waals surface area contributed by atoms with Crippen molar-refractivity contribution >= 4 is 45.2 Å². The van der Waals surface area contributed by atoms with Crippen molar-refractivity contribution in [3.05, 3.63) is 102 Å². The lowest BCUT2D eigenvalue weighted by Gasteiger charge is -2.12. The molecule has 0 bridgehead atoms. The number of hydrogen-bond acceptors (Lipinski definition) is 4. The molecule has 4 rings (SSSR count). The molecule has 28 heavy (non-hydrogen) atoms. The third-order valence-corrected chi connectivity index (χ3v) is 6.68. The van der Waals surface area contributed by atoms with Gasteiger partial charge < -0.3 is 0 Å². The molecule has 0 amide bonds. The minimum absolute atomic E-state index is 0.141. The maximum Gasteiger partial charge on any atom is 0.176 e. The largest absolute Gasteiger partial charge is 0.293 e. The lowest BCUT2D eigenvalue weighted by Crippen LogP contribution is -2.16. The Morgan fingerprint density at radius 2 is 1.61 bits per heavy atom. The van der Waals surface area contributed by atoms with Crippen molar-refractivity contribution in [2.24, 2.45) is 0 Å². The van der Waals surface area contributed by atoms with Gasteiger partial charge in [0.05, 0.1) is 15.5 Å². The molecule has 0 spiro atoms. The minimum atomic E-state index is -0.206. The minimum Gasteiger partial charge on any atom is -0.293 e. The number of carbonyl (C=O) groups excluding carboxylic acids is 1. The van der Waals surface area contributed by atoms with Crippen molar-refractivity contribution < 1.29 is 4.79 Å². The second-order valence-corrected chi connectivity index (χ2v) is 8.81. The molecule has 0 aliphatic carbocycles. The van der Waals surface area contributed by atoms with E-state index < -0.39 is 0 Å². The standard InChI is InChI=1S/C24H19NOS2/c26-23(19-13-5-2-6-14-19)22(17-9-12-18-10-3-1-4-11-18)28-24-25-20-15-7-8-16-21(20)27-24/h1-16,22H,17H2/b12-9+. The first kappa shape index (κ1) is 18.7. The molecule has 0 saturated heterocycles. The van der Waals surface area contributed by atoms with Crippen LogP contribution < -0.4 is 0 Å². The topological polar surface area (TPSA) is 30.0 Å². The van der Waals surface area contributed by atoms with Gasteiger partial charge in [-0.15, -0.1) is 11.3 Å². The quantitative estimate of drug-likeness (QED) is 0.254. The number of nitrogens with zero attached hydrogens (tertiary/aromatic N) is 1. The summed E-state index contributed by atoms with van der Waals surface area (Å²) in [5.41, 5.74) is 2.87. The summed E-state index contributed by atoms with van der Waals surface area (Å²) in [5, 5.41) is -0.206. The number of Topliss-reactive ketones (excluding diaryl/α,β-unsaturated/α-hetero) is 1. The van der Waals surface area contributed by atoms with Crippen molar-refractivity contribution in [3.8, 4) is 0 Å². The maximum atomic E-state index is 13.1. The SMILES string of the molecule is O=C(c1ccccc1)C(C/C=C/c1ccccc1)Sc1nc2ccccc2s1. The third-order valence-electron chi connectivity index (χ3n) is 4.33. The van der Waals surface area contributed by atoms with E-state index in [1.165, 1.54) is 0 Å². The zero-order valence-electron chi connectivity index (χ0n) is 15.2. The lowest BCUT2D eigenvalue weighted by molar-refractivity contribution is 0.0990. The van der Waals surface area contributed by atoms with E-state index in [0.29, 0.717) is 6.42 Å². The Morgan fingerprint density at radius 1 is 0.929 bits per heavy atom. The first-order chi connectivity index (χ1) is 13.8. The number of thiazole rings is 1. The van der Waals surface area contributed by atoms with Crippen LogP contribution in [-0.2, 0) is 0 Å². The third kappa shape index (κ3) is 4.58. The number of para-hydroxylation sites is 1. The highest BCUT2D eigenvalue weighted by Crippen LogP contribution is 2.34. The average Bonchev–Trinajstić information content (AvgIpc) is 3.16. The van der Waals surface area contributed by atoms with Crippen LogP contribution >= 0.6 is 23.1 Å². The second-order valence-electron chi connectivity index (χ2n) is 6.33. The molecule has 0 saturated carbocycles. The molecule has 138 valence electrons. The number of hydrogen-bond donors (Lipinski definition) is 0. The van der Waals surface area contributed by atoms with E-state index in [4.69, 9.17) is 4.98 Å². The fourth-order valence-electron chi connectivity index (χ4n) is 2.91. The van der Waals surface area contributed by atoms with Crippen LogP contribution in [0.3, 0.4) is 0 Å². The van der Waals surface area contributed by atoms with E-state index in [1.807, 2.05) is 66.7 Å². The first-order valence-electron chi connectivity index (χ1n) is 9.13. The van der Waals surface area contributed by atoms with Gasteiger partial charge in [0.2, 0.25) is 0 Å². The first-order valence-corrected chi connectivity index (χ1v) is 10.8. The summed E-state index contributed by atoms with van der Waals surface area (Å²) in [5.74, 6) is 0.141. The van der Waals surface area contributed by atoms with E-state index in [2.05, 4.69) is 30.4 Å². The normalized spacial score (nSPS) is 12.4. The Morgan fingerprint density at radius 3 is 2.36 bits per heavy atom. The van der Waals surface area contributed by atoms with E-state index in [9.17, 15) is 4.79 Å². The second kappa shape index (κ2) is 9.00. The predicted molar refractivity (Wildman–Crippen MR) is 120 cm³/mol. The molecule has 1 unspecified atom stereocenters. The number of fused-ring (bicyclic) bond motifs is 1. The molecule has 0 N–H and O–H groups in total. The molecule has 0 radical (unpaired) electrons. The Hall–Kier alpha value is -2.69. The van der Waals surface area contributed by atoms with E-state index in [0.717, 1.165) is 25.7 Å². The molecule has 1 heterocycles. The number of rotatable bonds is 7. The highest BCUT2D eigenvalue weighted by molar-refractivity contribution is 8.02. The van der Waals surface area contributed by atoms with Gasteiger partial charge in [-0.3, -0.25) is 4.79 Å². The van der Waals surface area contributed by atoms with Crippen LogP contribution in [-0.4, -0.2) is 16.0 Å². The van der Waals surface area contributed by atoms with Gasteiger partial charge in [-0.25, -0.2) is 4.98 Å². The fourth-order valence-corrected chi connectivity index (χ4v) is 5.26. The van der Waals surface area contributed by atoms with Gasteiger partial charge in [0.25, 0.3) is 0 Å². The number of allylic oxidation sites excluding steroid dienone is 1. The van der Waals surface area contributed by atoms with Gasteiger partial charge >= 0.3 is 0 Å².